The highest BCUT2D eigenvalue weighted by atomic mass is 19.4. The molecule has 0 fully saturated rings. The molecule has 0 aliphatic carbocycles. The first-order valence-electron chi connectivity index (χ1n) is 10.6. The van der Waals surface area contributed by atoms with Crippen molar-refractivity contribution in [3.05, 3.63) is 101 Å². The fraction of sp³-hybridized carbons (Fsp3) is 0.154. The third-order valence-electron chi connectivity index (χ3n) is 5.97. The summed E-state index contributed by atoms with van der Waals surface area (Å²) in [5.41, 5.74) is 1.35. The lowest BCUT2D eigenvalue weighted by molar-refractivity contribution is -0.137. The van der Waals surface area contributed by atoms with Crippen LogP contribution in [-0.2, 0) is 17.4 Å². The van der Waals surface area contributed by atoms with Gasteiger partial charge in [0.1, 0.15) is 0 Å². The van der Waals surface area contributed by atoms with Gasteiger partial charge in [-0.1, -0.05) is 48.5 Å². The summed E-state index contributed by atoms with van der Waals surface area (Å²) in [5, 5.41) is 0. The molecule has 0 spiro atoms. The molecule has 4 nitrogen and oxygen atoms in total. The number of rotatable bonds is 2. The topological polar surface area (TPSA) is 40.6 Å². The number of hydrogen-bond acceptors (Lipinski definition) is 3. The Morgan fingerprint density at radius 3 is 2.15 bits per heavy atom. The van der Waals surface area contributed by atoms with Gasteiger partial charge in [-0.3, -0.25) is 9.59 Å². The van der Waals surface area contributed by atoms with E-state index in [-0.39, 0.29) is 11.1 Å². The molecule has 2 aliphatic heterocycles. The number of hydrogen-bond donors (Lipinski definition) is 0. The lowest BCUT2D eigenvalue weighted by Gasteiger charge is -2.33. The van der Waals surface area contributed by atoms with E-state index < -0.39 is 29.2 Å². The van der Waals surface area contributed by atoms with Crippen molar-refractivity contribution in [1.82, 2.24) is 0 Å². The van der Waals surface area contributed by atoms with E-state index >= 15 is 0 Å². The minimum Gasteiger partial charge on any atom is -0.347 e. The zero-order valence-corrected chi connectivity index (χ0v) is 17.5. The van der Waals surface area contributed by atoms with Crippen LogP contribution in [0.4, 0.5) is 24.5 Å². The molecule has 7 heteroatoms. The molecule has 0 bridgehead atoms. The van der Waals surface area contributed by atoms with E-state index in [0.29, 0.717) is 17.0 Å². The van der Waals surface area contributed by atoms with Crippen molar-refractivity contribution < 1.29 is 22.8 Å². The van der Waals surface area contributed by atoms with Crippen LogP contribution in [0.25, 0.3) is 5.57 Å². The molecule has 5 rings (SSSR count). The summed E-state index contributed by atoms with van der Waals surface area (Å²) in [7, 11) is 0. The molecule has 0 radical (unpaired) electrons. The molecular weight excluding hydrogens is 429 g/mol. The standard InChI is InChI=1S/C26H19F3N2O2/c27-26(28,29)21-12-4-6-14-23(21)31-24(32)19-11-3-2-10-18(19)20(25(31)33)16-30-15-7-9-17-8-1-5-13-22(17)30/h1-6,8,10-14,16H,7,9,15H2. The van der Waals surface area contributed by atoms with Gasteiger partial charge >= 0.3 is 6.18 Å². The molecule has 0 N–H and O–H groups in total. The molecule has 3 aromatic carbocycles. The molecule has 0 atom stereocenters. The Hall–Kier alpha value is -3.87. The first kappa shape index (κ1) is 21.0. The highest BCUT2D eigenvalue weighted by Crippen LogP contribution is 2.40. The summed E-state index contributed by atoms with van der Waals surface area (Å²) in [6.45, 7) is 0.656. The Labute approximate surface area is 188 Å². The SMILES string of the molecule is O=C1C(=CN2CCCc3ccccc32)c2ccccc2C(=O)N1c1ccccc1C(F)(F)F. The quantitative estimate of drug-likeness (QED) is 0.374. The first-order valence-corrected chi connectivity index (χ1v) is 10.6. The molecule has 2 aliphatic rings. The summed E-state index contributed by atoms with van der Waals surface area (Å²) in [6, 6.07) is 19.0. The number of carbonyl (C=O) groups is 2. The van der Waals surface area contributed by atoms with Gasteiger partial charge < -0.3 is 4.90 Å². The smallest absolute Gasteiger partial charge is 0.347 e. The van der Waals surface area contributed by atoms with E-state index in [4.69, 9.17) is 0 Å². The number of halogens is 3. The van der Waals surface area contributed by atoms with Crippen LogP contribution in [0.5, 0.6) is 0 Å². The Balaban J connectivity index is 1.68. The van der Waals surface area contributed by atoms with Crippen LogP contribution in [0.1, 0.15) is 33.5 Å². The van der Waals surface area contributed by atoms with Crippen LogP contribution in [-0.4, -0.2) is 18.4 Å². The lowest BCUT2D eigenvalue weighted by Crippen LogP contribution is -2.43. The van der Waals surface area contributed by atoms with Gasteiger partial charge in [0.25, 0.3) is 11.8 Å². The number of para-hydroxylation sites is 2. The Morgan fingerprint density at radius 1 is 0.758 bits per heavy atom. The van der Waals surface area contributed by atoms with Crippen LogP contribution in [0.2, 0.25) is 0 Å². The molecule has 0 saturated heterocycles. The fourth-order valence-electron chi connectivity index (χ4n) is 4.46. The van der Waals surface area contributed by atoms with Gasteiger partial charge in [0.15, 0.2) is 0 Å². The van der Waals surface area contributed by atoms with Crippen LogP contribution >= 0.6 is 0 Å². The summed E-state index contributed by atoms with van der Waals surface area (Å²) in [5.74, 6) is -1.55. The summed E-state index contributed by atoms with van der Waals surface area (Å²) < 4.78 is 41.1. The predicted molar refractivity (Wildman–Crippen MR) is 120 cm³/mol. The van der Waals surface area contributed by atoms with Crippen molar-refractivity contribution >= 4 is 28.8 Å². The van der Waals surface area contributed by atoms with Gasteiger partial charge in [0, 0.05) is 29.6 Å². The first-order chi connectivity index (χ1) is 15.9. The number of imide groups is 1. The van der Waals surface area contributed by atoms with Gasteiger partial charge in [0.2, 0.25) is 0 Å². The van der Waals surface area contributed by atoms with Crippen molar-refractivity contribution in [2.45, 2.75) is 19.0 Å². The average molecular weight is 448 g/mol. The van der Waals surface area contributed by atoms with E-state index in [0.717, 1.165) is 36.2 Å². The average Bonchev–Trinajstić information content (AvgIpc) is 2.82. The van der Waals surface area contributed by atoms with E-state index in [1.54, 1.807) is 24.4 Å². The number of fused-ring (bicyclic) bond motifs is 2. The monoisotopic (exact) mass is 448 g/mol. The highest BCUT2D eigenvalue weighted by Gasteiger charge is 2.42. The molecule has 2 amide bonds. The Morgan fingerprint density at radius 2 is 1.39 bits per heavy atom. The molecule has 2 heterocycles. The summed E-state index contributed by atoms with van der Waals surface area (Å²) >= 11 is 0. The minimum atomic E-state index is -4.72. The van der Waals surface area contributed by atoms with Crippen LogP contribution < -0.4 is 9.80 Å². The van der Waals surface area contributed by atoms with E-state index in [9.17, 15) is 22.8 Å². The van der Waals surface area contributed by atoms with Gasteiger partial charge in [-0.2, -0.15) is 13.2 Å². The van der Waals surface area contributed by atoms with Crippen molar-refractivity contribution in [2.24, 2.45) is 0 Å². The minimum absolute atomic E-state index is 0.180. The van der Waals surface area contributed by atoms with Crippen molar-refractivity contribution in [3.8, 4) is 0 Å². The molecule has 166 valence electrons. The number of aryl methyl sites for hydroxylation is 1. The molecule has 3 aromatic rings. The van der Waals surface area contributed by atoms with Crippen LogP contribution in [0.3, 0.4) is 0 Å². The third kappa shape index (κ3) is 3.59. The normalized spacial score (nSPS) is 17.2. The van der Waals surface area contributed by atoms with E-state index in [1.165, 1.54) is 18.2 Å². The molecule has 0 saturated carbocycles. The lowest BCUT2D eigenvalue weighted by atomic mass is 9.92. The largest absolute Gasteiger partial charge is 0.418 e. The van der Waals surface area contributed by atoms with E-state index in [1.807, 2.05) is 29.2 Å². The highest BCUT2D eigenvalue weighted by molar-refractivity contribution is 6.41. The maximum Gasteiger partial charge on any atom is 0.418 e. The number of nitrogens with zero attached hydrogens (tertiary/aromatic N) is 2. The number of anilines is 2. The van der Waals surface area contributed by atoms with Crippen LogP contribution in [0.15, 0.2) is 79.0 Å². The third-order valence-corrected chi connectivity index (χ3v) is 5.97. The van der Waals surface area contributed by atoms with Crippen LogP contribution in [0, 0.1) is 0 Å². The summed E-state index contributed by atoms with van der Waals surface area (Å²) in [6.07, 6.45) is -1.28. The fourth-order valence-corrected chi connectivity index (χ4v) is 4.46. The number of benzene rings is 3. The zero-order valence-electron chi connectivity index (χ0n) is 17.5. The molecule has 0 unspecified atom stereocenters. The molecular formula is C26H19F3N2O2. The van der Waals surface area contributed by atoms with Crippen molar-refractivity contribution in [1.29, 1.82) is 0 Å². The van der Waals surface area contributed by atoms with E-state index in [2.05, 4.69) is 0 Å². The van der Waals surface area contributed by atoms with Gasteiger partial charge in [-0.25, -0.2) is 4.90 Å². The Bertz CT molecular complexity index is 1300. The second kappa shape index (κ2) is 7.92. The maximum absolute atomic E-state index is 13.7. The Kier molecular flexibility index (Phi) is 5.04. The van der Waals surface area contributed by atoms with Gasteiger partial charge in [-0.15, -0.1) is 0 Å². The number of carbonyl (C=O) groups excluding carboxylic acids is 2. The second-order valence-electron chi connectivity index (χ2n) is 7.97. The van der Waals surface area contributed by atoms with Gasteiger partial charge in [0.05, 0.1) is 16.8 Å². The molecule has 33 heavy (non-hydrogen) atoms. The molecule has 0 aromatic heterocycles. The predicted octanol–water partition coefficient (Wildman–Crippen LogP) is 5.69. The summed E-state index contributed by atoms with van der Waals surface area (Å²) in [4.78, 5) is 29.4. The second-order valence-corrected chi connectivity index (χ2v) is 7.97. The van der Waals surface area contributed by atoms with Crippen molar-refractivity contribution in [3.63, 3.8) is 0 Å². The van der Waals surface area contributed by atoms with Gasteiger partial charge in [-0.05, 0) is 42.7 Å². The van der Waals surface area contributed by atoms with Crippen molar-refractivity contribution in [2.75, 3.05) is 16.3 Å². The maximum atomic E-state index is 13.7. The number of amides is 2. The number of alkyl halides is 3. The zero-order chi connectivity index (χ0) is 23.2.